The number of nitrogens with zero attached hydrogens (tertiary/aromatic N) is 2. The zero-order valence-corrected chi connectivity index (χ0v) is 10.9. The van der Waals surface area contributed by atoms with Crippen molar-refractivity contribution in [1.82, 2.24) is 9.97 Å². The molecule has 1 aromatic carbocycles. The number of aromatic nitrogens is 2. The van der Waals surface area contributed by atoms with Crippen molar-refractivity contribution in [2.24, 2.45) is 5.16 Å². The van der Waals surface area contributed by atoms with Gasteiger partial charge in [0, 0.05) is 46.3 Å². The summed E-state index contributed by atoms with van der Waals surface area (Å²) in [7, 11) is 0. The lowest BCUT2D eigenvalue weighted by molar-refractivity contribution is 0.102. The van der Waals surface area contributed by atoms with E-state index >= 15 is 0 Å². The lowest BCUT2D eigenvalue weighted by atomic mass is 10.1. The fourth-order valence-electron chi connectivity index (χ4n) is 2.10. The minimum absolute atomic E-state index is 0.204. The van der Waals surface area contributed by atoms with Crippen LogP contribution in [0.15, 0.2) is 54.1 Å². The minimum atomic E-state index is -0.204. The number of fused-ring (bicyclic) bond motifs is 1. The Hall–Kier alpha value is -3.15. The number of H-pyrrole nitrogens is 1. The van der Waals surface area contributed by atoms with Gasteiger partial charge in [-0.2, -0.15) is 0 Å². The van der Waals surface area contributed by atoms with Crippen LogP contribution in [-0.4, -0.2) is 27.3 Å². The summed E-state index contributed by atoms with van der Waals surface area (Å²) in [5.74, 6) is -0.204. The van der Waals surface area contributed by atoms with Gasteiger partial charge in [-0.1, -0.05) is 5.16 Å². The molecular formula is C15H12N4O2. The lowest BCUT2D eigenvalue weighted by Crippen LogP contribution is -2.11. The van der Waals surface area contributed by atoms with Crippen LogP contribution in [0, 0.1) is 0 Å². The molecule has 21 heavy (non-hydrogen) atoms. The summed E-state index contributed by atoms with van der Waals surface area (Å²) in [5.41, 5.74) is 2.84. The predicted molar refractivity (Wildman–Crippen MR) is 79.9 cm³/mol. The molecule has 0 fully saturated rings. The molecule has 0 spiro atoms. The van der Waals surface area contributed by atoms with Gasteiger partial charge in [-0.15, -0.1) is 0 Å². The van der Waals surface area contributed by atoms with Crippen LogP contribution < -0.4 is 5.32 Å². The summed E-state index contributed by atoms with van der Waals surface area (Å²) in [4.78, 5) is 19.0. The van der Waals surface area contributed by atoms with Gasteiger partial charge in [0.05, 0.1) is 6.21 Å². The summed E-state index contributed by atoms with van der Waals surface area (Å²) in [6.07, 6.45) is 6.21. The Morgan fingerprint density at radius 3 is 2.86 bits per heavy atom. The second kappa shape index (κ2) is 5.46. The highest BCUT2D eigenvalue weighted by molar-refractivity contribution is 6.06. The average molecular weight is 280 g/mol. The molecule has 0 aliphatic heterocycles. The number of carbonyl (C=O) groups excluding carboxylic acids is 1. The Balaban J connectivity index is 1.91. The van der Waals surface area contributed by atoms with Crippen molar-refractivity contribution in [3.05, 3.63) is 60.0 Å². The third-order valence-electron chi connectivity index (χ3n) is 3.11. The minimum Gasteiger partial charge on any atom is -0.411 e. The average Bonchev–Trinajstić information content (AvgIpc) is 2.91. The van der Waals surface area contributed by atoms with E-state index in [2.05, 4.69) is 20.4 Å². The molecule has 2 heterocycles. The van der Waals surface area contributed by atoms with Gasteiger partial charge in [-0.3, -0.25) is 9.78 Å². The Kier molecular flexibility index (Phi) is 3.34. The predicted octanol–water partition coefficient (Wildman–Crippen LogP) is 2.62. The fraction of sp³-hybridized carbons (Fsp3) is 0. The fourth-order valence-corrected chi connectivity index (χ4v) is 2.10. The molecule has 0 radical (unpaired) electrons. The van der Waals surface area contributed by atoms with Crippen LogP contribution in [0.3, 0.4) is 0 Å². The normalized spacial score (nSPS) is 11.0. The van der Waals surface area contributed by atoms with Gasteiger partial charge in [-0.05, 0) is 30.3 Å². The summed E-state index contributed by atoms with van der Waals surface area (Å²) in [6, 6.07) is 8.77. The molecule has 6 nitrogen and oxygen atoms in total. The van der Waals surface area contributed by atoms with Crippen LogP contribution in [0.5, 0.6) is 0 Å². The molecule has 3 aromatic rings. The van der Waals surface area contributed by atoms with E-state index in [1.807, 2.05) is 12.1 Å². The van der Waals surface area contributed by atoms with Crippen molar-refractivity contribution < 1.29 is 10.0 Å². The topological polar surface area (TPSA) is 90.4 Å². The number of amides is 1. The maximum atomic E-state index is 12.1. The van der Waals surface area contributed by atoms with Crippen molar-refractivity contribution in [2.75, 3.05) is 5.32 Å². The summed E-state index contributed by atoms with van der Waals surface area (Å²) in [5, 5.41) is 15.4. The highest BCUT2D eigenvalue weighted by Crippen LogP contribution is 2.21. The Bertz CT molecular complexity index is 809. The molecule has 1 amide bonds. The maximum Gasteiger partial charge on any atom is 0.255 e. The van der Waals surface area contributed by atoms with Crippen LogP contribution in [0.4, 0.5) is 5.69 Å². The smallest absolute Gasteiger partial charge is 0.255 e. The highest BCUT2D eigenvalue weighted by atomic mass is 16.4. The summed E-state index contributed by atoms with van der Waals surface area (Å²) >= 11 is 0. The monoisotopic (exact) mass is 280 g/mol. The zero-order valence-electron chi connectivity index (χ0n) is 10.9. The van der Waals surface area contributed by atoms with E-state index in [-0.39, 0.29) is 5.91 Å². The number of hydrogen-bond acceptors (Lipinski definition) is 4. The van der Waals surface area contributed by atoms with E-state index in [1.165, 1.54) is 6.21 Å². The molecule has 2 aromatic heterocycles. The van der Waals surface area contributed by atoms with Gasteiger partial charge in [0.2, 0.25) is 0 Å². The highest BCUT2D eigenvalue weighted by Gasteiger charge is 2.07. The molecule has 0 saturated carbocycles. The van der Waals surface area contributed by atoms with Crippen molar-refractivity contribution >= 4 is 28.7 Å². The number of nitrogens with one attached hydrogen (secondary N) is 2. The first-order chi connectivity index (χ1) is 10.3. The standard InChI is InChI=1S/C15H12N4O2/c20-15(10-3-5-16-6-4-10)19-12-1-2-14-13(7-12)11(8-17-14)9-18-21/h1-9,17,21H,(H,19,20). The Labute approximate surface area is 120 Å². The molecule has 3 N–H and O–H groups in total. The summed E-state index contributed by atoms with van der Waals surface area (Å²) in [6.45, 7) is 0. The quantitative estimate of drug-likeness (QED) is 0.391. The van der Waals surface area contributed by atoms with Crippen molar-refractivity contribution in [3.63, 3.8) is 0 Å². The first-order valence-corrected chi connectivity index (χ1v) is 6.28. The molecule has 3 rings (SSSR count). The molecule has 104 valence electrons. The third kappa shape index (κ3) is 2.59. The molecule has 0 aliphatic rings. The van der Waals surface area contributed by atoms with Gasteiger partial charge in [0.25, 0.3) is 5.91 Å². The number of benzene rings is 1. The van der Waals surface area contributed by atoms with Crippen LogP contribution in [0.2, 0.25) is 0 Å². The largest absolute Gasteiger partial charge is 0.411 e. The number of hydrogen-bond donors (Lipinski definition) is 3. The van der Waals surface area contributed by atoms with Gasteiger partial charge in [0.1, 0.15) is 0 Å². The van der Waals surface area contributed by atoms with Gasteiger partial charge >= 0.3 is 0 Å². The maximum absolute atomic E-state index is 12.1. The van der Waals surface area contributed by atoms with Crippen LogP contribution in [0.25, 0.3) is 10.9 Å². The summed E-state index contributed by atoms with van der Waals surface area (Å²) < 4.78 is 0. The van der Waals surface area contributed by atoms with E-state index in [0.717, 1.165) is 16.5 Å². The van der Waals surface area contributed by atoms with Gasteiger partial charge in [0.15, 0.2) is 0 Å². The van der Waals surface area contributed by atoms with E-state index in [9.17, 15) is 4.79 Å². The van der Waals surface area contributed by atoms with Crippen molar-refractivity contribution in [2.45, 2.75) is 0 Å². The second-order valence-corrected chi connectivity index (χ2v) is 4.44. The number of rotatable bonds is 3. The van der Waals surface area contributed by atoms with Crippen molar-refractivity contribution in [1.29, 1.82) is 0 Å². The van der Waals surface area contributed by atoms with E-state index in [4.69, 9.17) is 5.21 Å². The molecule has 0 bridgehead atoms. The van der Waals surface area contributed by atoms with Crippen LogP contribution in [0.1, 0.15) is 15.9 Å². The van der Waals surface area contributed by atoms with Crippen LogP contribution >= 0.6 is 0 Å². The van der Waals surface area contributed by atoms with Gasteiger partial charge in [-0.25, -0.2) is 0 Å². The SMILES string of the molecule is O=C(Nc1ccc2[nH]cc(C=NO)c2c1)c1ccncc1. The van der Waals surface area contributed by atoms with Crippen LogP contribution in [-0.2, 0) is 0 Å². The Morgan fingerprint density at radius 1 is 1.29 bits per heavy atom. The molecule has 0 saturated heterocycles. The zero-order chi connectivity index (χ0) is 14.7. The third-order valence-corrected chi connectivity index (χ3v) is 3.11. The lowest BCUT2D eigenvalue weighted by Gasteiger charge is -2.05. The number of anilines is 1. The first-order valence-electron chi connectivity index (χ1n) is 6.28. The molecule has 0 aliphatic carbocycles. The number of oxime groups is 1. The first kappa shape index (κ1) is 12.9. The molecule has 0 unspecified atom stereocenters. The molecular weight excluding hydrogens is 268 g/mol. The molecule has 0 atom stereocenters. The number of pyridine rings is 1. The molecule has 6 heteroatoms. The Morgan fingerprint density at radius 2 is 2.10 bits per heavy atom. The van der Waals surface area contributed by atoms with E-state index in [1.54, 1.807) is 36.8 Å². The van der Waals surface area contributed by atoms with E-state index in [0.29, 0.717) is 11.3 Å². The second-order valence-electron chi connectivity index (χ2n) is 4.44. The van der Waals surface area contributed by atoms with E-state index < -0.39 is 0 Å². The number of aromatic amines is 1. The number of carbonyl (C=O) groups is 1. The van der Waals surface area contributed by atoms with Gasteiger partial charge < -0.3 is 15.5 Å². The van der Waals surface area contributed by atoms with Crippen molar-refractivity contribution in [3.8, 4) is 0 Å².